The lowest BCUT2D eigenvalue weighted by atomic mass is 9.39. The van der Waals surface area contributed by atoms with Gasteiger partial charge in [0.15, 0.2) is 10.8 Å². The molecule has 3 aromatic heterocycles. The molecule has 6 aliphatic rings. The molecule has 3 unspecified atom stereocenters. The van der Waals surface area contributed by atoms with Crippen molar-refractivity contribution >= 4 is 123 Å². The molecule has 600 valence electrons. The van der Waals surface area contributed by atoms with Crippen LogP contribution in [0.1, 0.15) is 118 Å². The van der Waals surface area contributed by atoms with Crippen molar-refractivity contribution in [2.75, 3.05) is 68.1 Å². The zero-order chi connectivity index (χ0) is 81.1. The van der Waals surface area contributed by atoms with Gasteiger partial charge in [0.1, 0.15) is 24.7 Å². The number of fused-ring (bicyclic) bond motifs is 2. The molecule has 5 heterocycles. The first-order chi connectivity index (χ1) is 53.4. The number of nitrogens with zero attached hydrogens (tertiary/aromatic N) is 7. The molecule has 4 bridgehead atoms. The number of amides is 10. The van der Waals surface area contributed by atoms with Crippen LogP contribution in [0.25, 0.3) is 43.4 Å². The molecule has 13 rings (SSSR count). The minimum atomic E-state index is -4.56. The number of thiazole rings is 1. The number of hydrogen-bond donors (Lipinski definition) is 9. The van der Waals surface area contributed by atoms with E-state index in [1.165, 1.54) is 23.5 Å². The van der Waals surface area contributed by atoms with Crippen LogP contribution in [0.4, 0.5) is 20.4 Å². The number of carboxylic acids is 1. The summed E-state index contributed by atoms with van der Waals surface area (Å²) in [4.78, 5) is 146. The minimum absolute atomic E-state index is 0.00927. The highest BCUT2D eigenvalue weighted by atomic mass is 32.2. The lowest BCUT2D eigenvalue weighted by Gasteiger charge is -2.69. The molecule has 10 amide bonds. The molecule has 6 atom stereocenters. The smallest absolute Gasteiger partial charge is 0.410 e. The molecule has 4 aliphatic carbocycles. The van der Waals surface area contributed by atoms with Crippen LogP contribution in [0.15, 0.2) is 115 Å². The molecular weight excluding hydrogens is 1520 g/mol. The highest BCUT2D eigenvalue weighted by molar-refractivity contribution is 7.86. The highest BCUT2D eigenvalue weighted by Crippen LogP contribution is 2.72. The Kier molecular flexibility index (Phi) is 24.1. The molecule has 33 nitrogen and oxygen atoms in total. The van der Waals surface area contributed by atoms with Gasteiger partial charge < -0.3 is 56.1 Å². The number of ether oxygens (including phenoxy) is 3. The Morgan fingerprint density at radius 1 is 0.779 bits per heavy atom. The second-order valence-corrected chi connectivity index (χ2v) is 35.2. The molecular formula is C77H89N13O20S3. The third-order valence-corrected chi connectivity index (χ3v) is 23.8. The molecule has 4 saturated carbocycles. The minimum Gasteiger partial charge on any atom is -0.476 e. The number of rotatable bonds is 34. The van der Waals surface area contributed by atoms with E-state index < -0.39 is 141 Å². The zero-order valence-corrected chi connectivity index (χ0v) is 65.2. The van der Waals surface area contributed by atoms with Crippen LogP contribution in [-0.4, -0.2) is 212 Å². The number of carbonyl (C=O) groups is 10. The molecule has 2 aliphatic heterocycles. The zero-order valence-electron chi connectivity index (χ0n) is 62.7. The van der Waals surface area contributed by atoms with Gasteiger partial charge in [0.05, 0.1) is 71.6 Å². The van der Waals surface area contributed by atoms with Crippen molar-refractivity contribution < 1.29 is 93.2 Å². The van der Waals surface area contributed by atoms with Crippen LogP contribution in [0.2, 0.25) is 0 Å². The average Bonchev–Trinajstić information content (AvgIpc) is 0.931. The molecule has 5 fully saturated rings. The van der Waals surface area contributed by atoms with Crippen molar-refractivity contribution in [1.82, 2.24) is 50.4 Å². The lowest BCUT2D eigenvalue weighted by molar-refractivity contribution is -0.248. The summed E-state index contributed by atoms with van der Waals surface area (Å²) < 4.78 is 87.0. The van der Waals surface area contributed by atoms with Crippen molar-refractivity contribution in [2.24, 2.45) is 27.9 Å². The van der Waals surface area contributed by atoms with E-state index in [1.54, 1.807) is 56.4 Å². The quantitative estimate of drug-likeness (QED) is 0.0110. The van der Waals surface area contributed by atoms with E-state index in [0.717, 1.165) is 80.3 Å². The summed E-state index contributed by atoms with van der Waals surface area (Å²) in [5, 5.41) is 30.9. The van der Waals surface area contributed by atoms with Gasteiger partial charge in [-0.05, 0) is 145 Å². The van der Waals surface area contributed by atoms with Crippen LogP contribution in [-0.2, 0) is 76.4 Å². The Labute approximate surface area is 654 Å². The molecule has 0 radical (unpaired) electrons. The Morgan fingerprint density at radius 3 is 2.18 bits per heavy atom. The van der Waals surface area contributed by atoms with E-state index in [4.69, 9.17) is 30.0 Å². The van der Waals surface area contributed by atoms with Gasteiger partial charge in [0.2, 0.25) is 23.6 Å². The first kappa shape index (κ1) is 81.8. The normalized spacial score (nSPS) is 21.8. The fourth-order valence-corrected chi connectivity index (χ4v) is 19.2. The maximum absolute atomic E-state index is 14.1. The number of carbonyl (C=O) groups excluding carboxylic acids is 9. The second kappa shape index (κ2) is 33.2. The fraction of sp³-hybridized carbons (Fsp3) is 0.442. The van der Waals surface area contributed by atoms with Crippen LogP contribution in [0.5, 0.6) is 0 Å². The summed E-state index contributed by atoms with van der Waals surface area (Å²) >= 11 is 1.37. The van der Waals surface area contributed by atoms with E-state index in [2.05, 4.69) is 45.4 Å². The third kappa shape index (κ3) is 19.5. The van der Waals surface area contributed by atoms with Crippen molar-refractivity contribution in [2.45, 2.75) is 135 Å². The Balaban J connectivity index is 0.669. The number of para-hydroxylation sites is 1. The van der Waals surface area contributed by atoms with Gasteiger partial charge in [-0.2, -0.15) is 21.9 Å². The average molecular weight is 1610 g/mol. The number of nitrogens with two attached hydrogens (primary N) is 1. The largest absolute Gasteiger partial charge is 0.476 e. The van der Waals surface area contributed by atoms with Crippen molar-refractivity contribution in [3.05, 3.63) is 138 Å². The number of imide groups is 1. The predicted molar refractivity (Wildman–Crippen MR) is 414 cm³/mol. The van der Waals surface area contributed by atoms with Gasteiger partial charge in [-0.25, -0.2) is 24.4 Å². The summed E-state index contributed by atoms with van der Waals surface area (Å²) in [6, 6.07) is 22.4. The Morgan fingerprint density at radius 2 is 1.50 bits per heavy atom. The fourth-order valence-electron chi connectivity index (χ4n) is 17.6. The van der Waals surface area contributed by atoms with E-state index in [0.29, 0.717) is 57.0 Å². The number of aromatic nitrogens is 4. The van der Waals surface area contributed by atoms with Gasteiger partial charge in [-0.3, -0.25) is 57.6 Å². The molecule has 0 spiro atoms. The summed E-state index contributed by atoms with van der Waals surface area (Å²) in [6.45, 7) is 7.71. The Hall–Kier alpha value is -10.6. The van der Waals surface area contributed by atoms with E-state index in [1.807, 2.05) is 60.1 Å². The third-order valence-electron chi connectivity index (χ3n) is 21.4. The molecule has 10 N–H and O–H groups in total. The number of primary amides is 1. The summed E-state index contributed by atoms with van der Waals surface area (Å²) in [5.74, 6) is -8.54. The number of anilines is 2. The first-order valence-electron chi connectivity index (χ1n) is 36.8. The summed E-state index contributed by atoms with van der Waals surface area (Å²) in [6.07, 6.45) is 7.37. The number of aromatic carboxylic acids is 1. The second-order valence-electron chi connectivity index (χ2n) is 31.0. The maximum atomic E-state index is 14.1. The standard InChI is InChI=1S/C77H89N13O20S3/c1-45(2)64(85-61(91)35-88-51(37-108-29-31-113(105,106)107)33-59(69(88)97)90-62(92)23-24-63(90)93)68(96)83-58(13-9-25-79-71(78)100)67(95)81-50-19-15-47(16-20-50)36-109-73(101)87(27-30-112(102,103)104)26-28-110-77-41-74(4)38-75(5,42-77)40-76(39-74,43-77)44-89-46(3)55(34-80-89)52-21-22-56(82-65(52)70(98)99)49-18-17-48-10-8-11-53(54(48)32-49)66(94)86-72-84-57-12-6-7-14-60(57)111-72/h6-8,10-12,14-24,32,34,45,51,58-59,64H,9,13,25-31,33,35-44H2,1-5H3,(H,81,95)(H,83,96)(H,85,91)(H,98,99)(H3,78,79,100)(H,84,86,94)(H,102,103,104)(H,105,106,107)/t51-,58-,59?,64-,74?,75?,76?,77?/m0/s1. The monoisotopic (exact) mass is 1610 g/mol. The lowest BCUT2D eigenvalue weighted by Crippen LogP contribution is -2.64. The van der Waals surface area contributed by atoms with E-state index in [9.17, 15) is 79.0 Å². The first-order valence-corrected chi connectivity index (χ1v) is 40.9. The maximum Gasteiger partial charge on any atom is 0.410 e. The van der Waals surface area contributed by atoms with Crippen molar-refractivity contribution in [3.8, 4) is 22.4 Å². The van der Waals surface area contributed by atoms with Gasteiger partial charge in [0.25, 0.3) is 38.0 Å². The topological polar surface area (TPSA) is 467 Å². The van der Waals surface area contributed by atoms with Crippen molar-refractivity contribution in [1.29, 1.82) is 0 Å². The number of urea groups is 1. The SMILES string of the molecule is Cc1c(-c2ccc(-c3ccc4cccc(C(=O)Nc5nc6ccccc6s5)c4c3)nc2C(=O)O)cnn1CC12CC3(C)CC(C)(C1)CC(OCCN(CCS(=O)(=O)O)C(=O)OCc1ccc(NC(=O)[C@H](CCCNC(N)=O)NC(=O)[C@@H](NC(=O)CN4C(=O)C(N5C(=O)C=CC5=O)C[C@H]4COCCS(=O)(=O)O)C(C)C)cc1)(C3)C2. The number of carboxylic acid groups (broad SMARTS) is 1. The van der Waals surface area contributed by atoms with Gasteiger partial charge in [-0.15, -0.1) is 0 Å². The van der Waals surface area contributed by atoms with Crippen LogP contribution in [0, 0.1) is 29.1 Å². The van der Waals surface area contributed by atoms with Crippen LogP contribution in [0.3, 0.4) is 0 Å². The number of pyridine rings is 1. The number of nitrogens with one attached hydrogen (secondary N) is 5. The molecule has 36 heteroatoms. The molecule has 113 heavy (non-hydrogen) atoms. The number of benzene rings is 4. The van der Waals surface area contributed by atoms with E-state index >= 15 is 0 Å². The van der Waals surface area contributed by atoms with Crippen LogP contribution < -0.4 is 32.3 Å². The molecule has 7 aromatic rings. The summed E-state index contributed by atoms with van der Waals surface area (Å²) in [7, 11) is -8.98. The van der Waals surface area contributed by atoms with Crippen molar-refractivity contribution in [3.63, 3.8) is 0 Å². The molecule has 4 aromatic carbocycles. The highest BCUT2D eigenvalue weighted by Gasteiger charge is 2.66. The number of likely N-dealkylation sites (tertiary alicyclic amines) is 1. The van der Waals surface area contributed by atoms with E-state index in [-0.39, 0.29) is 85.7 Å². The van der Waals surface area contributed by atoms with Gasteiger partial charge >= 0.3 is 18.1 Å². The summed E-state index contributed by atoms with van der Waals surface area (Å²) in [5.41, 5.74) is 8.35. The van der Waals surface area contributed by atoms with Gasteiger partial charge in [0, 0.05) is 78.4 Å². The Bertz CT molecular complexity index is 5120. The molecule has 1 saturated heterocycles. The van der Waals surface area contributed by atoms with Crippen LogP contribution >= 0.6 is 11.3 Å². The predicted octanol–water partition coefficient (Wildman–Crippen LogP) is 7.11. The van der Waals surface area contributed by atoms with Gasteiger partial charge in [-0.1, -0.05) is 87.6 Å². The number of hydrogen-bond acceptors (Lipinski definition) is 21.